The first-order valence-corrected chi connectivity index (χ1v) is 4.38. The average molecular weight is 189 g/mol. The molecule has 0 radical (unpaired) electrons. The molecule has 0 spiro atoms. The van der Waals surface area contributed by atoms with Crippen LogP contribution in [0.5, 0.6) is 0 Å². The molecule has 14 heavy (non-hydrogen) atoms. The van der Waals surface area contributed by atoms with Gasteiger partial charge in [0.25, 0.3) is 0 Å². The van der Waals surface area contributed by atoms with Gasteiger partial charge < -0.3 is 10.8 Å². The fourth-order valence-corrected chi connectivity index (χ4v) is 1.28. The van der Waals surface area contributed by atoms with Gasteiger partial charge in [0.2, 0.25) is 0 Å². The maximum absolute atomic E-state index is 8.88. The minimum absolute atomic E-state index is 0.0937. The van der Waals surface area contributed by atoms with E-state index in [1.54, 1.807) is 12.4 Å². The molecule has 0 aromatic carbocycles. The third-order valence-electron chi connectivity index (χ3n) is 2.09. The summed E-state index contributed by atoms with van der Waals surface area (Å²) in [7, 11) is 0. The lowest BCUT2D eigenvalue weighted by Gasteiger charge is -2.07. The Balaban J connectivity index is 2.51. The molecular formula is C10H11N3O. The molecule has 4 nitrogen and oxygen atoms in total. The minimum Gasteiger partial charge on any atom is -0.394 e. The third-order valence-corrected chi connectivity index (χ3v) is 2.09. The molecular weight excluding hydrogens is 178 g/mol. The number of pyridine rings is 2. The van der Waals surface area contributed by atoms with Crippen LogP contribution < -0.4 is 5.73 Å². The van der Waals surface area contributed by atoms with E-state index >= 15 is 0 Å². The zero-order valence-corrected chi connectivity index (χ0v) is 7.59. The van der Waals surface area contributed by atoms with E-state index in [4.69, 9.17) is 10.8 Å². The SMILES string of the molecule is N[C@@H](CO)c1ccc2cnccc2n1. The van der Waals surface area contributed by atoms with Gasteiger partial charge >= 0.3 is 0 Å². The molecule has 0 aliphatic rings. The summed E-state index contributed by atoms with van der Waals surface area (Å²) in [4.78, 5) is 8.31. The first kappa shape index (κ1) is 9.05. The van der Waals surface area contributed by atoms with Crippen LogP contribution in [0.2, 0.25) is 0 Å². The number of hydrogen-bond acceptors (Lipinski definition) is 4. The van der Waals surface area contributed by atoms with E-state index in [0.29, 0.717) is 5.69 Å². The van der Waals surface area contributed by atoms with Gasteiger partial charge in [0.1, 0.15) is 0 Å². The molecule has 72 valence electrons. The van der Waals surface area contributed by atoms with Crippen molar-refractivity contribution in [1.29, 1.82) is 0 Å². The maximum Gasteiger partial charge on any atom is 0.0736 e. The quantitative estimate of drug-likeness (QED) is 0.726. The maximum atomic E-state index is 8.88. The Morgan fingerprint density at radius 3 is 3.00 bits per heavy atom. The Hall–Kier alpha value is -1.52. The number of hydrogen-bond donors (Lipinski definition) is 2. The van der Waals surface area contributed by atoms with Gasteiger partial charge in [-0.25, -0.2) is 0 Å². The number of aliphatic hydroxyl groups is 1. The smallest absolute Gasteiger partial charge is 0.0736 e. The van der Waals surface area contributed by atoms with Gasteiger partial charge in [0.05, 0.1) is 23.9 Å². The van der Waals surface area contributed by atoms with Crippen molar-refractivity contribution in [2.45, 2.75) is 6.04 Å². The summed E-state index contributed by atoms with van der Waals surface area (Å²) in [6, 6.07) is 5.13. The number of nitrogens with two attached hydrogens (primary N) is 1. The zero-order valence-electron chi connectivity index (χ0n) is 7.59. The Labute approximate surface area is 81.4 Å². The van der Waals surface area contributed by atoms with Gasteiger partial charge in [-0.2, -0.15) is 0 Å². The standard InChI is InChI=1S/C10H11N3O/c11-8(6-14)10-2-1-7-5-12-4-3-9(7)13-10/h1-5,8,14H,6,11H2/t8-/m0/s1. The van der Waals surface area contributed by atoms with Crippen molar-refractivity contribution in [2.24, 2.45) is 5.73 Å². The zero-order chi connectivity index (χ0) is 9.97. The highest BCUT2D eigenvalue weighted by molar-refractivity contribution is 5.77. The van der Waals surface area contributed by atoms with Crippen molar-refractivity contribution in [3.05, 3.63) is 36.3 Å². The van der Waals surface area contributed by atoms with E-state index in [0.717, 1.165) is 10.9 Å². The molecule has 0 aliphatic carbocycles. The van der Waals surface area contributed by atoms with E-state index in [-0.39, 0.29) is 6.61 Å². The molecule has 2 aromatic heterocycles. The Morgan fingerprint density at radius 2 is 2.21 bits per heavy atom. The second-order valence-electron chi connectivity index (χ2n) is 3.09. The van der Waals surface area contributed by atoms with Gasteiger partial charge in [-0.3, -0.25) is 9.97 Å². The number of rotatable bonds is 2. The van der Waals surface area contributed by atoms with Crippen LogP contribution in [0.1, 0.15) is 11.7 Å². The Bertz CT molecular complexity index is 444. The van der Waals surface area contributed by atoms with Crippen LogP contribution in [0.25, 0.3) is 10.9 Å². The monoisotopic (exact) mass is 189 g/mol. The summed E-state index contributed by atoms with van der Waals surface area (Å²) < 4.78 is 0. The number of aromatic nitrogens is 2. The van der Waals surface area contributed by atoms with E-state index in [1.807, 2.05) is 18.2 Å². The highest BCUT2D eigenvalue weighted by Crippen LogP contribution is 2.13. The van der Waals surface area contributed by atoms with Gasteiger partial charge in [-0.1, -0.05) is 0 Å². The second-order valence-corrected chi connectivity index (χ2v) is 3.09. The van der Waals surface area contributed by atoms with Gasteiger partial charge in [-0.15, -0.1) is 0 Å². The van der Waals surface area contributed by atoms with Crippen LogP contribution in [0.3, 0.4) is 0 Å². The summed E-state index contributed by atoms with van der Waals surface area (Å²) in [6.45, 7) is -0.0937. The highest BCUT2D eigenvalue weighted by atomic mass is 16.3. The summed E-state index contributed by atoms with van der Waals surface area (Å²) in [5, 5.41) is 9.86. The Morgan fingerprint density at radius 1 is 1.36 bits per heavy atom. The molecule has 2 aromatic rings. The van der Waals surface area contributed by atoms with E-state index in [9.17, 15) is 0 Å². The van der Waals surface area contributed by atoms with E-state index in [2.05, 4.69) is 9.97 Å². The third kappa shape index (κ3) is 1.57. The first-order valence-electron chi connectivity index (χ1n) is 4.38. The summed E-state index contributed by atoms with van der Waals surface area (Å²) in [6.07, 6.45) is 3.43. The predicted molar refractivity (Wildman–Crippen MR) is 53.6 cm³/mol. The predicted octanol–water partition coefficient (Wildman–Crippen LogP) is 0.622. The van der Waals surface area contributed by atoms with Crippen molar-refractivity contribution in [3.8, 4) is 0 Å². The van der Waals surface area contributed by atoms with E-state index in [1.165, 1.54) is 0 Å². The Kier molecular flexibility index (Phi) is 2.39. The van der Waals surface area contributed by atoms with Crippen LogP contribution in [0.15, 0.2) is 30.6 Å². The molecule has 0 saturated carbocycles. The van der Waals surface area contributed by atoms with Crippen LogP contribution in [0.4, 0.5) is 0 Å². The molecule has 0 saturated heterocycles. The lowest BCUT2D eigenvalue weighted by atomic mass is 10.2. The molecule has 0 unspecified atom stereocenters. The molecule has 0 amide bonds. The number of aliphatic hydroxyl groups excluding tert-OH is 1. The molecule has 0 bridgehead atoms. The van der Waals surface area contributed by atoms with Crippen molar-refractivity contribution in [1.82, 2.24) is 9.97 Å². The van der Waals surface area contributed by atoms with Crippen molar-refractivity contribution in [3.63, 3.8) is 0 Å². The first-order chi connectivity index (χ1) is 6.81. The fourth-order valence-electron chi connectivity index (χ4n) is 1.28. The van der Waals surface area contributed by atoms with Crippen molar-refractivity contribution >= 4 is 10.9 Å². The second kappa shape index (κ2) is 3.69. The van der Waals surface area contributed by atoms with Gasteiger partial charge in [0, 0.05) is 17.8 Å². The average Bonchev–Trinajstić information content (AvgIpc) is 2.27. The van der Waals surface area contributed by atoms with Gasteiger partial charge in [-0.05, 0) is 18.2 Å². The highest BCUT2D eigenvalue weighted by Gasteiger charge is 2.05. The minimum atomic E-state index is -0.410. The molecule has 2 rings (SSSR count). The molecule has 2 heterocycles. The largest absolute Gasteiger partial charge is 0.394 e. The van der Waals surface area contributed by atoms with E-state index < -0.39 is 6.04 Å². The van der Waals surface area contributed by atoms with Crippen LogP contribution in [0, 0.1) is 0 Å². The van der Waals surface area contributed by atoms with Gasteiger partial charge in [0.15, 0.2) is 0 Å². The molecule has 4 heteroatoms. The summed E-state index contributed by atoms with van der Waals surface area (Å²) >= 11 is 0. The van der Waals surface area contributed by atoms with Crippen molar-refractivity contribution in [2.75, 3.05) is 6.61 Å². The lowest BCUT2D eigenvalue weighted by Crippen LogP contribution is -2.15. The number of fused-ring (bicyclic) bond motifs is 1. The van der Waals surface area contributed by atoms with Crippen LogP contribution >= 0.6 is 0 Å². The van der Waals surface area contributed by atoms with Crippen LogP contribution in [-0.4, -0.2) is 21.7 Å². The molecule has 0 aliphatic heterocycles. The summed E-state index contributed by atoms with van der Waals surface area (Å²) in [5.41, 5.74) is 7.21. The summed E-state index contributed by atoms with van der Waals surface area (Å²) in [5.74, 6) is 0. The fraction of sp³-hybridized carbons (Fsp3) is 0.200. The molecule has 0 fully saturated rings. The van der Waals surface area contributed by atoms with Crippen molar-refractivity contribution < 1.29 is 5.11 Å². The van der Waals surface area contributed by atoms with Crippen LogP contribution in [-0.2, 0) is 0 Å². The topological polar surface area (TPSA) is 72.0 Å². The molecule has 3 N–H and O–H groups in total. The normalized spacial score (nSPS) is 13.0. The molecule has 1 atom stereocenters. The number of nitrogens with zero attached hydrogens (tertiary/aromatic N) is 2. The lowest BCUT2D eigenvalue weighted by molar-refractivity contribution is 0.266.